The maximum absolute atomic E-state index is 12.8. The molecule has 1 aliphatic rings. The molecule has 1 saturated heterocycles. The van der Waals surface area contributed by atoms with Crippen LogP contribution in [0.5, 0.6) is 5.75 Å². The van der Waals surface area contributed by atoms with Gasteiger partial charge in [0.05, 0.1) is 25.4 Å². The Morgan fingerprint density at radius 3 is 2.47 bits per heavy atom. The molecule has 0 spiro atoms. The molecular formula is C24H29N5O2S. The van der Waals surface area contributed by atoms with E-state index in [0.29, 0.717) is 6.54 Å². The van der Waals surface area contributed by atoms with Gasteiger partial charge in [-0.05, 0) is 62.7 Å². The SMILES string of the molecule is COc1ccc(NC(=O)[C@H](C)Sc2nnc(CN3CCCC3)n2Cc2ccccc2)cc1. The minimum absolute atomic E-state index is 0.0736. The molecule has 3 aromatic rings. The number of anilines is 1. The zero-order valence-electron chi connectivity index (χ0n) is 18.5. The van der Waals surface area contributed by atoms with Crippen molar-refractivity contribution in [3.05, 3.63) is 66.0 Å². The number of carbonyl (C=O) groups excluding carboxylic acids is 1. The van der Waals surface area contributed by atoms with Crippen LogP contribution in [0, 0.1) is 0 Å². The molecule has 1 atom stereocenters. The van der Waals surface area contributed by atoms with Crippen LogP contribution in [-0.4, -0.2) is 51.0 Å². The average Bonchev–Trinajstić information content (AvgIpc) is 3.46. The maximum Gasteiger partial charge on any atom is 0.237 e. The third-order valence-electron chi connectivity index (χ3n) is 5.55. The van der Waals surface area contributed by atoms with Crippen molar-refractivity contribution in [1.82, 2.24) is 19.7 Å². The Balaban J connectivity index is 1.48. The monoisotopic (exact) mass is 451 g/mol. The van der Waals surface area contributed by atoms with Gasteiger partial charge in [-0.3, -0.25) is 9.69 Å². The van der Waals surface area contributed by atoms with Crippen LogP contribution in [-0.2, 0) is 17.9 Å². The summed E-state index contributed by atoms with van der Waals surface area (Å²) in [7, 11) is 1.62. The third kappa shape index (κ3) is 5.69. The molecular weight excluding hydrogens is 422 g/mol. The number of ether oxygens (including phenoxy) is 1. The number of methoxy groups -OCH3 is 1. The molecule has 2 aromatic carbocycles. The van der Waals surface area contributed by atoms with Gasteiger partial charge < -0.3 is 14.6 Å². The van der Waals surface area contributed by atoms with E-state index in [0.717, 1.165) is 42.1 Å². The van der Waals surface area contributed by atoms with Crippen LogP contribution in [0.3, 0.4) is 0 Å². The number of aromatic nitrogens is 3. The third-order valence-corrected chi connectivity index (χ3v) is 6.63. The van der Waals surface area contributed by atoms with Crippen LogP contribution >= 0.6 is 11.8 Å². The summed E-state index contributed by atoms with van der Waals surface area (Å²) in [6.07, 6.45) is 2.47. The summed E-state index contributed by atoms with van der Waals surface area (Å²) in [6, 6.07) is 17.6. The molecule has 0 saturated carbocycles. The summed E-state index contributed by atoms with van der Waals surface area (Å²) < 4.78 is 7.32. The predicted octanol–water partition coefficient (Wildman–Crippen LogP) is 4.05. The quantitative estimate of drug-likeness (QED) is 0.495. The van der Waals surface area contributed by atoms with Gasteiger partial charge in [-0.1, -0.05) is 42.1 Å². The Labute approximate surface area is 193 Å². The number of thioether (sulfide) groups is 1. The van der Waals surface area contributed by atoms with E-state index in [1.54, 1.807) is 7.11 Å². The fourth-order valence-corrected chi connectivity index (χ4v) is 4.59. The molecule has 1 aliphatic heterocycles. The van der Waals surface area contributed by atoms with Crippen molar-refractivity contribution in [2.75, 3.05) is 25.5 Å². The Kier molecular flexibility index (Phi) is 7.44. The molecule has 0 unspecified atom stereocenters. The predicted molar refractivity (Wildman–Crippen MR) is 127 cm³/mol. The van der Waals surface area contributed by atoms with Crippen LogP contribution in [0.25, 0.3) is 0 Å². The lowest BCUT2D eigenvalue weighted by atomic mass is 10.2. The number of carbonyl (C=O) groups is 1. The van der Waals surface area contributed by atoms with Crippen LogP contribution in [0.4, 0.5) is 5.69 Å². The molecule has 168 valence electrons. The smallest absolute Gasteiger partial charge is 0.237 e. The molecule has 0 aliphatic carbocycles. The molecule has 32 heavy (non-hydrogen) atoms. The van der Waals surface area contributed by atoms with Crippen molar-refractivity contribution >= 4 is 23.4 Å². The van der Waals surface area contributed by atoms with Crippen LogP contribution in [0.1, 0.15) is 31.2 Å². The highest BCUT2D eigenvalue weighted by Crippen LogP contribution is 2.26. The summed E-state index contributed by atoms with van der Waals surface area (Å²) in [5, 5.41) is 12.4. The van der Waals surface area contributed by atoms with Gasteiger partial charge in [-0.15, -0.1) is 10.2 Å². The molecule has 0 radical (unpaired) electrons. The normalized spacial score (nSPS) is 14.9. The van der Waals surface area contributed by atoms with E-state index in [1.165, 1.54) is 30.2 Å². The summed E-state index contributed by atoms with van der Waals surface area (Å²) in [6.45, 7) is 5.56. The van der Waals surface area contributed by atoms with Crippen molar-refractivity contribution in [3.63, 3.8) is 0 Å². The highest BCUT2D eigenvalue weighted by atomic mass is 32.2. The number of hydrogen-bond donors (Lipinski definition) is 1. The Bertz CT molecular complexity index is 1020. The van der Waals surface area contributed by atoms with E-state index in [-0.39, 0.29) is 11.2 Å². The number of rotatable bonds is 9. The largest absolute Gasteiger partial charge is 0.497 e. The molecule has 1 N–H and O–H groups in total. The molecule has 1 amide bonds. The van der Waals surface area contributed by atoms with Crippen molar-refractivity contribution in [3.8, 4) is 5.75 Å². The highest BCUT2D eigenvalue weighted by Gasteiger charge is 2.22. The summed E-state index contributed by atoms with van der Waals surface area (Å²) in [4.78, 5) is 15.2. The lowest BCUT2D eigenvalue weighted by molar-refractivity contribution is -0.115. The van der Waals surface area contributed by atoms with Gasteiger partial charge in [0.25, 0.3) is 0 Å². The van der Waals surface area contributed by atoms with Gasteiger partial charge in [0.15, 0.2) is 5.16 Å². The number of hydrogen-bond acceptors (Lipinski definition) is 6. The van der Waals surface area contributed by atoms with E-state index >= 15 is 0 Å². The fourth-order valence-electron chi connectivity index (χ4n) is 3.72. The minimum atomic E-state index is -0.324. The van der Waals surface area contributed by atoms with E-state index < -0.39 is 0 Å². The second kappa shape index (κ2) is 10.7. The second-order valence-electron chi connectivity index (χ2n) is 7.93. The fraction of sp³-hybridized carbons (Fsp3) is 0.375. The Morgan fingerprint density at radius 2 is 1.78 bits per heavy atom. The van der Waals surface area contributed by atoms with Gasteiger partial charge in [-0.25, -0.2) is 0 Å². The number of nitrogens with one attached hydrogen (secondary N) is 1. The van der Waals surface area contributed by atoms with Gasteiger partial charge in [-0.2, -0.15) is 0 Å². The van der Waals surface area contributed by atoms with E-state index in [2.05, 4.69) is 37.1 Å². The molecule has 2 heterocycles. The van der Waals surface area contributed by atoms with Gasteiger partial charge in [0.1, 0.15) is 11.6 Å². The van der Waals surface area contributed by atoms with Crippen LogP contribution < -0.4 is 10.1 Å². The molecule has 8 heteroatoms. The first-order chi connectivity index (χ1) is 15.6. The lowest BCUT2D eigenvalue weighted by Crippen LogP contribution is -2.24. The van der Waals surface area contributed by atoms with E-state index in [1.807, 2.05) is 49.4 Å². The number of amides is 1. The van der Waals surface area contributed by atoms with E-state index in [9.17, 15) is 4.79 Å². The molecule has 1 aromatic heterocycles. The standard InChI is InChI=1S/C24H29N5O2S/c1-18(23(30)25-20-10-12-21(31-2)13-11-20)32-24-27-26-22(17-28-14-6-7-15-28)29(24)16-19-8-4-3-5-9-19/h3-5,8-13,18H,6-7,14-17H2,1-2H3,(H,25,30)/t18-/m0/s1. The minimum Gasteiger partial charge on any atom is -0.497 e. The van der Waals surface area contributed by atoms with Gasteiger partial charge in [0.2, 0.25) is 5.91 Å². The topological polar surface area (TPSA) is 72.3 Å². The van der Waals surface area contributed by atoms with Crippen LogP contribution in [0.15, 0.2) is 59.8 Å². The second-order valence-corrected chi connectivity index (χ2v) is 9.24. The van der Waals surface area contributed by atoms with Gasteiger partial charge >= 0.3 is 0 Å². The van der Waals surface area contributed by atoms with Crippen LogP contribution in [0.2, 0.25) is 0 Å². The van der Waals surface area contributed by atoms with Gasteiger partial charge in [0, 0.05) is 5.69 Å². The Morgan fingerprint density at radius 1 is 1.06 bits per heavy atom. The molecule has 7 nitrogen and oxygen atoms in total. The first-order valence-corrected chi connectivity index (χ1v) is 11.8. The first-order valence-electron chi connectivity index (χ1n) is 10.9. The van der Waals surface area contributed by atoms with Crippen molar-refractivity contribution in [1.29, 1.82) is 0 Å². The van der Waals surface area contributed by atoms with Crippen molar-refractivity contribution < 1.29 is 9.53 Å². The first kappa shape index (κ1) is 22.4. The van der Waals surface area contributed by atoms with Crippen molar-refractivity contribution in [2.45, 2.75) is 43.3 Å². The van der Waals surface area contributed by atoms with Crippen molar-refractivity contribution in [2.24, 2.45) is 0 Å². The highest BCUT2D eigenvalue weighted by molar-refractivity contribution is 8.00. The summed E-state index contributed by atoms with van der Waals surface area (Å²) in [5.41, 5.74) is 1.93. The average molecular weight is 452 g/mol. The number of likely N-dealkylation sites (tertiary alicyclic amines) is 1. The molecule has 4 rings (SSSR count). The number of benzene rings is 2. The lowest BCUT2D eigenvalue weighted by Gasteiger charge is -2.17. The molecule has 1 fully saturated rings. The zero-order chi connectivity index (χ0) is 22.3. The molecule has 0 bridgehead atoms. The van der Waals surface area contributed by atoms with E-state index in [4.69, 9.17) is 4.74 Å². The summed E-state index contributed by atoms with van der Waals surface area (Å²) >= 11 is 1.44. The maximum atomic E-state index is 12.8. The Hall–Kier alpha value is -2.84. The summed E-state index contributed by atoms with van der Waals surface area (Å²) in [5.74, 6) is 1.63. The zero-order valence-corrected chi connectivity index (χ0v) is 19.3. The number of nitrogens with zero attached hydrogens (tertiary/aromatic N) is 4.